The molecule has 0 aromatic heterocycles. The molecule has 8 heteroatoms. The molecule has 0 N–H and O–H groups in total. The van der Waals surface area contributed by atoms with Crippen LogP contribution in [0.1, 0.15) is 27.6 Å². The van der Waals surface area contributed by atoms with Crippen LogP contribution in [-0.4, -0.2) is 91.2 Å². The summed E-state index contributed by atoms with van der Waals surface area (Å²) in [5, 5.41) is 0. The number of benzene rings is 1. The van der Waals surface area contributed by atoms with Gasteiger partial charge in [-0.05, 0) is 46.3 Å². The summed E-state index contributed by atoms with van der Waals surface area (Å²) in [5.41, 5.74) is 1.51. The number of nitrogens with zero attached hydrogens (tertiary/aromatic N) is 4. The van der Waals surface area contributed by atoms with Crippen molar-refractivity contribution in [1.29, 1.82) is 0 Å². The molecule has 0 saturated heterocycles. The molecule has 1 unspecified atom stereocenters. The van der Waals surface area contributed by atoms with E-state index in [1.807, 2.05) is 21.1 Å². The van der Waals surface area contributed by atoms with Crippen LogP contribution in [-0.2, 0) is 11.4 Å². The first-order chi connectivity index (χ1) is 12.3. The summed E-state index contributed by atoms with van der Waals surface area (Å²) in [6.45, 7) is 5.32. The van der Waals surface area contributed by atoms with Crippen molar-refractivity contribution in [2.24, 2.45) is 0 Å². The van der Waals surface area contributed by atoms with E-state index >= 15 is 0 Å². The summed E-state index contributed by atoms with van der Waals surface area (Å²) < 4.78 is 14.0. The van der Waals surface area contributed by atoms with Crippen LogP contribution in [0.15, 0.2) is 18.2 Å². The Hall–Kier alpha value is -1.61. The minimum absolute atomic E-state index is 0.258. The standard InChI is InChI=1S/C18H28N4O3S/c1-6-21-17(23)15-8-7-14(13-16(15)18(21)24)22(26(5)25)12-11-20(4)10-9-19(2)3/h7-8,13H,6,9-12H2,1-5H3. The summed E-state index contributed by atoms with van der Waals surface area (Å²) in [5.74, 6) is -0.536. The van der Waals surface area contributed by atoms with Crippen molar-refractivity contribution in [2.75, 3.05) is 64.4 Å². The van der Waals surface area contributed by atoms with Gasteiger partial charge in [-0.15, -0.1) is 0 Å². The molecule has 0 fully saturated rings. The summed E-state index contributed by atoms with van der Waals surface area (Å²) >= 11 is -1.22. The molecule has 0 spiro atoms. The molecule has 144 valence electrons. The molecule has 1 heterocycles. The highest BCUT2D eigenvalue weighted by Crippen LogP contribution is 2.28. The van der Waals surface area contributed by atoms with Gasteiger partial charge < -0.3 is 14.4 Å². The Kier molecular flexibility index (Phi) is 7.05. The third-order valence-corrected chi connectivity index (χ3v) is 5.50. The normalized spacial score (nSPS) is 15.2. The van der Waals surface area contributed by atoms with Crippen molar-refractivity contribution < 1.29 is 14.1 Å². The number of carbonyl (C=O) groups is 2. The number of rotatable bonds is 9. The van der Waals surface area contributed by atoms with Gasteiger partial charge in [0.2, 0.25) is 0 Å². The molecule has 26 heavy (non-hydrogen) atoms. The average molecular weight is 381 g/mol. The number of anilines is 1. The first-order valence-corrected chi connectivity index (χ1v) is 10.2. The van der Waals surface area contributed by atoms with Crippen LogP contribution >= 0.6 is 0 Å². The zero-order chi connectivity index (χ0) is 19.4. The maximum atomic E-state index is 12.4. The molecule has 1 aromatic rings. The molecule has 0 bridgehead atoms. The van der Waals surface area contributed by atoms with E-state index in [1.54, 1.807) is 35.7 Å². The lowest BCUT2D eigenvalue weighted by molar-refractivity contribution is 0.0663. The van der Waals surface area contributed by atoms with Gasteiger partial charge >= 0.3 is 0 Å². The highest BCUT2D eigenvalue weighted by molar-refractivity contribution is 7.92. The number of likely N-dealkylation sites (N-methyl/N-ethyl adjacent to an activating group) is 2. The first kappa shape index (κ1) is 20.7. The second kappa shape index (κ2) is 8.85. The van der Waals surface area contributed by atoms with E-state index in [-0.39, 0.29) is 11.8 Å². The monoisotopic (exact) mass is 380 g/mol. The fourth-order valence-corrected chi connectivity index (χ4v) is 3.62. The van der Waals surface area contributed by atoms with Crippen LogP contribution in [0.25, 0.3) is 0 Å². The highest BCUT2D eigenvalue weighted by atomic mass is 32.2. The summed E-state index contributed by atoms with van der Waals surface area (Å²) in [4.78, 5) is 30.1. The average Bonchev–Trinajstić information content (AvgIpc) is 2.83. The number of hydrogen-bond acceptors (Lipinski definition) is 6. The SMILES string of the molecule is CCN1C(=O)c2ccc(N(CCN(C)CCN(C)C)[S+](C)[O-])cc2C1=O. The number of carbonyl (C=O) groups excluding carboxylic acids is 2. The number of hydrogen-bond donors (Lipinski definition) is 0. The Morgan fingerprint density at radius 3 is 2.19 bits per heavy atom. The fourth-order valence-electron chi connectivity index (χ4n) is 2.87. The van der Waals surface area contributed by atoms with Crippen LogP contribution in [0.4, 0.5) is 5.69 Å². The maximum Gasteiger partial charge on any atom is 0.261 e. The van der Waals surface area contributed by atoms with Gasteiger partial charge in [-0.3, -0.25) is 14.5 Å². The Morgan fingerprint density at radius 2 is 1.62 bits per heavy atom. The molecule has 0 saturated carbocycles. The third kappa shape index (κ3) is 4.56. The predicted molar refractivity (Wildman–Crippen MR) is 105 cm³/mol. The van der Waals surface area contributed by atoms with Crippen molar-refractivity contribution in [3.8, 4) is 0 Å². The molecular formula is C18H28N4O3S. The Morgan fingerprint density at radius 1 is 1.00 bits per heavy atom. The van der Waals surface area contributed by atoms with Gasteiger partial charge in [-0.25, -0.2) is 0 Å². The highest BCUT2D eigenvalue weighted by Gasteiger charge is 2.35. The van der Waals surface area contributed by atoms with Crippen molar-refractivity contribution in [1.82, 2.24) is 14.7 Å². The van der Waals surface area contributed by atoms with E-state index in [0.717, 1.165) is 19.6 Å². The fraction of sp³-hybridized carbons (Fsp3) is 0.556. The van der Waals surface area contributed by atoms with Gasteiger partial charge in [0.1, 0.15) is 6.26 Å². The smallest absolute Gasteiger partial charge is 0.261 e. The Labute approximate surface area is 158 Å². The van der Waals surface area contributed by atoms with Crippen LogP contribution in [0, 0.1) is 0 Å². The van der Waals surface area contributed by atoms with Crippen LogP contribution < -0.4 is 4.31 Å². The van der Waals surface area contributed by atoms with Crippen molar-refractivity contribution in [3.05, 3.63) is 29.3 Å². The molecule has 0 aliphatic carbocycles. The maximum absolute atomic E-state index is 12.4. The van der Waals surface area contributed by atoms with Gasteiger partial charge in [0.05, 0.1) is 34.7 Å². The van der Waals surface area contributed by atoms with E-state index in [2.05, 4.69) is 9.80 Å². The van der Waals surface area contributed by atoms with Crippen LogP contribution in [0.5, 0.6) is 0 Å². The van der Waals surface area contributed by atoms with E-state index in [1.165, 1.54) is 4.90 Å². The first-order valence-electron chi connectivity index (χ1n) is 8.70. The van der Waals surface area contributed by atoms with E-state index in [4.69, 9.17) is 0 Å². The van der Waals surface area contributed by atoms with E-state index < -0.39 is 11.4 Å². The van der Waals surface area contributed by atoms with Crippen molar-refractivity contribution in [3.63, 3.8) is 0 Å². The molecule has 2 amide bonds. The second-order valence-corrected chi connectivity index (χ2v) is 8.01. The van der Waals surface area contributed by atoms with E-state index in [9.17, 15) is 14.1 Å². The van der Waals surface area contributed by atoms with Crippen LogP contribution in [0.3, 0.4) is 0 Å². The molecule has 0 radical (unpaired) electrons. The largest absolute Gasteiger partial charge is 0.593 e. The topological polar surface area (TPSA) is 70.2 Å². The summed E-state index contributed by atoms with van der Waals surface area (Å²) in [7, 11) is 6.09. The zero-order valence-corrected chi connectivity index (χ0v) is 17.0. The van der Waals surface area contributed by atoms with Crippen LogP contribution in [0.2, 0.25) is 0 Å². The molecule has 2 rings (SSSR count). The molecule has 1 aliphatic rings. The minimum Gasteiger partial charge on any atom is -0.593 e. The predicted octanol–water partition coefficient (Wildman–Crippen LogP) is 0.896. The quantitative estimate of drug-likeness (QED) is 0.468. The van der Waals surface area contributed by atoms with Gasteiger partial charge in [0.15, 0.2) is 0 Å². The second-order valence-electron chi connectivity index (χ2n) is 6.72. The van der Waals surface area contributed by atoms with Gasteiger partial charge in [0, 0.05) is 26.2 Å². The molecule has 1 aromatic carbocycles. The molecular weight excluding hydrogens is 352 g/mol. The van der Waals surface area contributed by atoms with E-state index in [0.29, 0.717) is 29.9 Å². The lowest BCUT2D eigenvalue weighted by Crippen LogP contribution is -2.39. The number of fused-ring (bicyclic) bond motifs is 1. The molecule has 7 nitrogen and oxygen atoms in total. The van der Waals surface area contributed by atoms with Gasteiger partial charge in [-0.1, -0.05) is 0 Å². The zero-order valence-electron chi connectivity index (χ0n) is 16.2. The van der Waals surface area contributed by atoms with Crippen molar-refractivity contribution in [2.45, 2.75) is 6.92 Å². The minimum atomic E-state index is -1.22. The lowest BCUT2D eigenvalue weighted by Gasteiger charge is -2.27. The lowest BCUT2D eigenvalue weighted by atomic mass is 10.1. The summed E-state index contributed by atoms with van der Waals surface area (Å²) in [6, 6.07) is 5.12. The summed E-state index contributed by atoms with van der Waals surface area (Å²) in [6.07, 6.45) is 1.62. The Bertz CT molecular complexity index is 666. The third-order valence-electron chi connectivity index (χ3n) is 4.48. The molecule has 1 atom stereocenters. The Balaban J connectivity index is 2.13. The number of amides is 2. The van der Waals surface area contributed by atoms with Gasteiger partial charge in [-0.2, -0.15) is 4.31 Å². The van der Waals surface area contributed by atoms with Gasteiger partial charge in [0.25, 0.3) is 11.8 Å². The number of imide groups is 1. The molecule has 1 aliphatic heterocycles. The van der Waals surface area contributed by atoms with Crippen molar-refractivity contribution >= 4 is 28.9 Å².